The maximum absolute atomic E-state index is 5.85. The smallest absolute Gasteiger partial charge is 0.219 e. The monoisotopic (exact) mass is 290 g/mol. The van der Waals surface area contributed by atoms with Gasteiger partial charge in [0.1, 0.15) is 5.75 Å². The van der Waals surface area contributed by atoms with Crippen molar-refractivity contribution in [2.45, 2.75) is 26.3 Å². The van der Waals surface area contributed by atoms with Gasteiger partial charge in [-0.2, -0.15) is 0 Å². The Bertz CT molecular complexity index is 542. The fourth-order valence-corrected chi connectivity index (χ4v) is 1.98. The zero-order valence-corrected chi connectivity index (χ0v) is 12.5. The predicted molar refractivity (Wildman–Crippen MR) is 82.5 cm³/mol. The number of nitrogens with zero attached hydrogens (tertiary/aromatic N) is 1. The minimum atomic E-state index is 0.283. The van der Waals surface area contributed by atoms with E-state index in [9.17, 15) is 0 Å². The molecule has 0 spiro atoms. The summed E-state index contributed by atoms with van der Waals surface area (Å²) in [5.74, 6) is 1.32. The largest absolute Gasteiger partial charge is 0.439 e. The Balaban J connectivity index is 2.07. The summed E-state index contributed by atoms with van der Waals surface area (Å²) in [5, 5.41) is 4.14. The highest BCUT2D eigenvalue weighted by atomic mass is 35.5. The maximum atomic E-state index is 5.85. The minimum Gasteiger partial charge on any atom is -0.439 e. The molecule has 0 radical (unpaired) electrons. The van der Waals surface area contributed by atoms with Crippen LogP contribution in [0.4, 0.5) is 0 Å². The molecular weight excluding hydrogens is 272 g/mol. The van der Waals surface area contributed by atoms with Crippen LogP contribution in [-0.2, 0) is 0 Å². The first-order chi connectivity index (χ1) is 9.69. The van der Waals surface area contributed by atoms with Crippen LogP contribution in [0, 0.1) is 0 Å². The van der Waals surface area contributed by atoms with Gasteiger partial charge in [0, 0.05) is 23.3 Å². The Labute approximate surface area is 124 Å². The molecule has 106 valence electrons. The normalized spacial score (nSPS) is 12.2. The first kappa shape index (κ1) is 14.8. The molecule has 1 atom stereocenters. The van der Waals surface area contributed by atoms with E-state index >= 15 is 0 Å². The number of hydrogen-bond acceptors (Lipinski definition) is 3. The second-order valence-electron chi connectivity index (χ2n) is 4.66. The van der Waals surface area contributed by atoms with Crippen molar-refractivity contribution in [2.24, 2.45) is 0 Å². The molecule has 1 N–H and O–H groups in total. The first-order valence-electron chi connectivity index (χ1n) is 6.82. The van der Waals surface area contributed by atoms with Crippen LogP contribution in [0.2, 0.25) is 5.02 Å². The number of rotatable bonds is 6. The molecule has 3 nitrogen and oxygen atoms in total. The van der Waals surface area contributed by atoms with E-state index in [0.717, 1.165) is 24.3 Å². The summed E-state index contributed by atoms with van der Waals surface area (Å²) in [5.41, 5.74) is 1.16. The molecule has 1 aromatic carbocycles. The Morgan fingerprint density at radius 1 is 1.25 bits per heavy atom. The summed E-state index contributed by atoms with van der Waals surface area (Å²) in [4.78, 5) is 4.24. The average molecular weight is 291 g/mol. The minimum absolute atomic E-state index is 0.283. The third-order valence-corrected chi connectivity index (χ3v) is 3.25. The van der Waals surface area contributed by atoms with E-state index in [1.165, 1.54) is 0 Å². The molecule has 0 saturated heterocycles. The number of ether oxygens (including phenoxy) is 1. The van der Waals surface area contributed by atoms with Gasteiger partial charge >= 0.3 is 0 Å². The summed E-state index contributed by atoms with van der Waals surface area (Å²) in [6, 6.07) is 11.5. The number of nitrogens with one attached hydrogen (secondary N) is 1. The van der Waals surface area contributed by atoms with Gasteiger partial charge in [-0.05, 0) is 55.8 Å². The molecular formula is C16H19ClN2O. The van der Waals surface area contributed by atoms with Gasteiger partial charge in [0.05, 0.1) is 0 Å². The van der Waals surface area contributed by atoms with Crippen LogP contribution in [0.5, 0.6) is 11.6 Å². The van der Waals surface area contributed by atoms with Crippen molar-refractivity contribution >= 4 is 11.6 Å². The van der Waals surface area contributed by atoms with Crippen LogP contribution < -0.4 is 10.1 Å². The van der Waals surface area contributed by atoms with Crippen LogP contribution >= 0.6 is 11.6 Å². The molecule has 0 aliphatic rings. The van der Waals surface area contributed by atoms with Crippen molar-refractivity contribution in [1.82, 2.24) is 10.3 Å². The van der Waals surface area contributed by atoms with Gasteiger partial charge in [-0.15, -0.1) is 0 Å². The fraction of sp³-hybridized carbons (Fsp3) is 0.312. The molecule has 0 aliphatic carbocycles. The molecule has 20 heavy (non-hydrogen) atoms. The third kappa shape index (κ3) is 4.22. The number of hydrogen-bond donors (Lipinski definition) is 1. The number of aromatic nitrogens is 1. The Kier molecular flexibility index (Phi) is 5.39. The van der Waals surface area contributed by atoms with E-state index in [-0.39, 0.29) is 6.04 Å². The molecule has 2 aromatic rings. The Morgan fingerprint density at radius 2 is 2.00 bits per heavy atom. The Hall–Kier alpha value is -1.58. The lowest BCUT2D eigenvalue weighted by Gasteiger charge is -2.14. The highest BCUT2D eigenvalue weighted by Crippen LogP contribution is 2.23. The standard InChI is InChI=1S/C16H19ClN2O/c1-3-9-18-12(2)13-8-10-19-16(11-13)20-15-6-4-14(17)5-7-15/h4-8,10-12,18H,3,9H2,1-2H3. The lowest BCUT2D eigenvalue weighted by Crippen LogP contribution is -2.19. The zero-order valence-electron chi connectivity index (χ0n) is 11.8. The van der Waals surface area contributed by atoms with Crippen molar-refractivity contribution in [1.29, 1.82) is 0 Å². The van der Waals surface area contributed by atoms with E-state index in [1.54, 1.807) is 18.3 Å². The average Bonchev–Trinajstić information content (AvgIpc) is 2.47. The Morgan fingerprint density at radius 3 is 2.70 bits per heavy atom. The number of benzene rings is 1. The molecule has 1 aromatic heterocycles. The number of pyridine rings is 1. The van der Waals surface area contributed by atoms with Gasteiger partial charge in [0.2, 0.25) is 5.88 Å². The topological polar surface area (TPSA) is 34.2 Å². The lowest BCUT2D eigenvalue weighted by atomic mass is 10.1. The van der Waals surface area contributed by atoms with Crippen molar-refractivity contribution < 1.29 is 4.74 Å². The molecule has 0 aliphatic heterocycles. The van der Waals surface area contributed by atoms with E-state index < -0.39 is 0 Å². The van der Waals surface area contributed by atoms with Crippen LogP contribution in [0.15, 0.2) is 42.6 Å². The highest BCUT2D eigenvalue weighted by molar-refractivity contribution is 6.30. The lowest BCUT2D eigenvalue weighted by molar-refractivity contribution is 0.460. The van der Waals surface area contributed by atoms with Crippen molar-refractivity contribution in [2.75, 3.05) is 6.54 Å². The summed E-state index contributed by atoms with van der Waals surface area (Å²) >= 11 is 5.85. The second-order valence-corrected chi connectivity index (χ2v) is 5.10. The van der Waals surface area contributed by atoms with Crippen LogP contribution in [-0.4, -0.2) is 11.5 Å². The zero-order chi connectivity index (χ0) is 14.4. The fourth-order valence-electron chi connectivity index (χ4n) is 1.85. The van der Waals surface area contributed by atoms with E-state index in [0.29, 0.717) is 10.9 Å². The SMILES string of the molecule is CCCNC(C)c1ccnc(Oc2ccc(Cl)cc2)c1. The van der Waals surface area contributed by atoms with E-state index in [4.69, 9.17) is 16.3 Å². The summed E-state index contributed by atoms with van der Waals surface area (Å²) in [7, 11) is 0. The van der Waals surface area contributed by atoms with Crippen LogP contribution in [0.25, 0.3) is 0 Å². The molecule has 2 rings (SSSR count). The summed E-state index contributed by atoms with van der Waals surface area (Å²) in [6.07, 6.45) is 2.88. The van der Waals surface area contributed by atoms with E-state index in [1.807, 2.05) is 24.3 Å². The van der Waals surface area contributed by atoms with Crippen molar-refractivity contribution in [3.8, 4) is 11.6 Å². The molecule has 0 bridgehead atoms. The molecule has 0 fully saturated rings. The summed E-state index contributed by atoms with van der Waals surface area (Å²) in [6.45, 7) is 5.29. The second kappa shape index (κ2) is 7.27. The molecule has 4 heteroatoms. The van der Waals surface area contributed by atoms with Gasteiger partial charge in [0.15, 0.2) is 0 Å². The predicted octanol–water partition coefficient (Wildman–Crippen LogP) is 4.59. The van der Waals surface area contributed by atoms with Gasteiger partial charge < -0.3 is 10.1 Å². The van der Waals surface area contributed by atoms with Gasteiger partial charge in [-0.1, -0.05) is 18.5 Å². The van der Waals surface area contributed by atoms with Crippen molar-refractivity contribution in [3.05, 3.63) is 53.2 Å². The van der Waals surface area contributed by atoms with Gasteiger partial charge in [0.25, 0.3) is 0 Å². The quantitative estimate of drug-likeness (QED) is 0.845. The molecule has 0 amide bonds. The van der Waals surface area contributed by atoms with Crippen LogP contribution in [0.1, 0.15) is 31.9 Å². The van der Waals surface area contributed by atoms with Gasteiger partial charge in [-0.25, -0.2) is 4.98 Å². The molecule has 1 heterocycles. The third-order valence-electron chi connectivity index (χ3n) is 3.00. The molecule has 0 saturated carbocycles. The number of halogens is 1. The summed E-state index contributed by atoms with van der Waals surface area (Å²) < 4.78 is 5.73. The molecule has 1 unspecified atom stereocenters. The van der Waals surface area contributed by atoms with Crippen LogP contribution in [0.3, 0.4) is 0 Å². The van der Waals surface area contributed by atoms with Crippen molar-refractivity contribution in [3.63, 3.8) is 0 Å². The highest BCUT2D eigenvalue weighted by Gasteiger charge is 2.06. The first-order valence-corrected chi connectivity index (χ1v) is 7.19. The van der Waals surface area contributed by atoms with Gasteiger partial charge in [-0.3, -0.25) is 0 Å². The maximum Gasteiger partial charge on any atom is 0.219 e. The van der Waals surface area contributed by atoms with E-state index in [2.05, 4.69) is 24.1 Å².